The molecule has 3 aromatic rings. The van der Waals surface area contributed by atoms with Gasteiger partial charge in [-0.3, -0.25) is 9.58 Å². The Kier molecular flexibility index (Phi) is 5.03. The van der Waals surface area contributed by atoms with E-state index in [4.69, 9.17) is 0 Å². The largest absolute Gasteiger partial charge is 0.382 e. The first kappa shape index (κ1) is 18.5. The Morgan fingerprint density at radius 1 is 1.21 bits per heavy atom. The number of nitrogens with zero attached hydrogens (tertiary/aromatic N) is 5. The molecule has 0 amide bonds. The molecule has 144 valence electrons. The number of hydrogen-bond donors (Lipinski definition) is 1. The molecule has 28 heavy (non-hydrogen) atoms. The minimum absolute atomic E-state index is 0.695. The van der Waals surface area contributed by atoms with Gasteiger partial charge in [0.1, 0.15) is 17.9 Å². The van der Waals surface area contributed by atoms with Crippen molar-refractivity contribution in [1.82, 2.24) is 19.2 Å². The molecule has 1 atom stereocenters. The molecule has 0 saturated heterocycles. The first-order valence-electron chi connectivity index (χ1n) is 9.64. The Hall–Kier alpha value is -2.88. The molecule has 1 N–H and O–H groups in total. The zero-order valence-corrected chi connectivity index (χ0v) is 16.3. The Morgan fingerprint density at radius 3 is 2.71 bits per heavy atom. The number of aryl methyl sites for hydroxylation is 1. The van der Waals surface area contributed by atoms with Crippen LogP contribution in [0.5, 0.6) is 0 Å². The summed E-state index contributed by atoms with van der Waals surface area (Å²) in [4.78, 5) is 2.39. The zero-order chi connectivity index (χ0) is 19.7. The monoisotopic (exact) mass is 375 g/mol. The van der Waals surface area contributed by atoms with Gasteiger partial charge in [0.25, 0.3) is 0 Å². The van der Waals surface area contributed by atoms with Crippen molar-refractivity contribution < 1.29 is 5.11 Å². The Bertz CT molecular complexity index is 1010. The van der Waals surface area contributed by atoms with Crippen LogP contribution in [0.2, 0.25) is 0 Å². The van der Waals surface area contributed by atoms with E-state index in [-0.39, 0.29) is 0 Å². The van der Waals surface area contributed by atoms with Crippen LogP contribution < -0.4 is 0 Å². The molecule has 0 spiro atoms. The number of rotatable bonds is 4. The third kappa shape index (κ3) is 3.47. The fourth-order valence-corrected chi connectivity index (χ4v) is 3.90. The summed E-state index contributed by atoms with van der Waals surface area (Å²) < 4.78 is 3.98. The number of fused-ring (bicyclic) bond motifs is 1. The molecule has 1 aliphatic rings. The quantitative estimate of drug-likeness (QED) is 0.761. The predicted octanol–water partition coefficient (Wildman–Crippen LogP) is 2.89. The third-order valence-corrected chi connectivity index (χ3v) is 5.66. The van der Waals surface area contributed by atoms with Gasteiger partial charge in [-0.25, -0.2) is 0 Å². The topological polar surface area (TPSA) is 70.0 Å². The summed E-state index contributed by atoms with van der Waals surface area (Å²) in [6.45, 7) is 5.49. The summed E-state index contributed by atoms with van der Waals surface area (Å²) in [5.41, 5.74) is 5.70. The van der Waals surface area contributed by atoms with E-state index in [2.05, 4.69) is 23.0 Å². The van der Waals surface area contributed by atoms with Crippen molar-refractivity contribution >= 4 is 0 Å². The van der Waals surface area contributed by atoms with Gasteiger partial charge in [0.05, 0.1) is 11.4 Å². The minimum atomic E-state index is -0.705. The lowest BCUT2D eigenvalue weighted by atomic mass is 10.1. The average molecular weight is 375 g/mol. The van der Waals surface area contributed by atoms with Crippen LogP contribution in [0, 0.1) is 18.3 Å². The molecule has 1 aliphatic heterocycles. The fourth-order valence-electron chi connectivity index (χ4n) is 3.90. The van der Waals surface area contributed by atoms with Crippen molar-refractivity contribution in [2.24, 2.45) is 7.05 Å². The minimum Gasteiger partial charge on any atom is -0.382 e. The van der Waals surface area contributed by atoms with E-state index < -0.39 is 6.10 Å². The fraction of sp³-hybridized carbons (Fsp3) is 0.364. The molecular formula is C22H25N5O. The van der Waals surface area contributed by atoms with E-state index in [1.165, 1.54) is 5.56 Å². The van der Waals surface area contributed by atoms with Crippen LogP contribution in [-0.4, -0.2) is 30.9 Å². The van der Waals surface area contributed by atoms with Gasteiger partial charge in [-0.1, -0.05) is 30.3 Å². The molecule has 0 bridgehead atoms. The predicted molar refractivity (Wildman–Crippen MR) is 106 cm³/mol. The van der Waals surface area contributed by atoms with Gasteiger partial charge < -0.3 is 9.67 Å². The highest BCUT2D eigenvalue weighted by Gasteiger charge is 2.21. The lowest BCUT2D eigenvalue weighted by molar-refractivity contribution is 0.213. The van der Waals surface area contributed by atoms with Gasteiger partial charge in [0, 0.05) is 38.9 Å². The van der Waals surface area contributed by atoms with Crippen LogP contribution in [0.15, 0.2) is 42.5 Å². The first-order chi connectivity index (χ1) is 13.6. The normalized spacial score (nSPS) is 15.6. The number of nitriles is 1. The van der Waals surface area contributed by atoms with E-state index in [0.717, 1.165) is 49.6 Å². The lowest BCUT2D eigenvalue weighted by Gasteiger charge is -2.19. The lowest BCUT2D eigenvalue weighted by Crippen LogP contribution is -2.23. The molecule has 3 heterocycles. The summed E-state index contributed by atoms with van der Waals surface area (Å²) in [6.07, 6.45) is 0.302. The number of hydrogen-bond acceptors (Lipinski definition) is 4. The van der Waals surface area contributed by atoms with Crippen molar-refractivity contribution in [3.8, 4) is 6.07 Å². The number of aliphatic hydroxyl groups is 1. The standard InChI is InChI=1S/C22H25N5O/c1-16-18(11-19(13-23)25(16)2)14-26-9-6-10-27-20(15-26)12-21(24-27)22(28)17-7-4-3-5-8-17/h3-5,7-8,11-12,22,28H,6,9-10,14-15H2,1-2H3/t22-/m1/s1. The molecule has 6 heteroatoms. The molecular weight excluding hydrogens is 350 g/mol. The summed E-state index contributed by atoms with van der Waals surface area (Å²) in [6, 6.07) is 15.9. The molecule has 0 unspecified atom stereocenters. The van der Waals surface area contributed by atoms with Gasteiger partial charge in [-0.2, -0.15) is 10.4 Å². The first-order valence-corrected chi connectivity index (χ1v) is 9.64. The zero-order valence-electron chi connectivity index (χ0n) is 16.3. The van der Waals surface area contributed by atoms with E-state index >= 15 is 0 Å². The van der Waals surface area contributed by atoms with Gasteiger partial charge in [0.15, 0.2) is 0 Å². The smallest absolute Gasteiger partial charge is 0.123 e. The highest BCUT2D eigenvalue weighted by atomic mass is 16.3. The van der Waals surface area contributed by atoms with Crippen molar-refractivity contribution in [1.29, 1.82) is 5.26 Å². The summed E-state index contributed by atoms with van der Waals surface area (Å²) in [5.74, 6) is 0. The molecule has 0 radical (unpaired) electrons. The second kappa shape index (κ2) is 7.63. The van der Waals surface area contributed by atoms with E-state index in [9.17, 15) is 10.4 Å². The number of aliphatic hydroxyl groups excluding tert-OH is 1. The van der Waals surface area contributed by atoms with Crippen molar-refractivity contribution in [3.05, 3.63) is 76.4 Å². The van der Waals surface area contributed by atoms with Gasteiger partial charge in [-0.05, 0) is 36.6 Å². The highest BCUT2D eigenvalue weighted by Crippen LogP contribution is 2.24. The second-order valence-corrected chi connectivity index (χ2v) is 7.47. The van der Waals surface area contributed by atoms with Gasteiger partial charge in [-0.15, -0.1) is 0 Å². The van der Waals surface area contributed by atoms with E-state index in [1.807, 2.05) is 58.8 Å². The van der Waals surface area contributed by atoms with Gasteiger partial charge >= 0.3 is 0 Å². The molecule has 0 saturated carbocycles. The van der Waals surface area contributed by atoms with Crippen LogP contribution in [0.3, 0.4) is 0 Å². The summed E-state index contributed by atoms with van der Waals surface area (Å²) >= 11 is 0. The van der Waals surface area contributed by atoms with Gasteiger partial charge in [0.2, 0.25) is 0 Å². The average Bonchev–Trinajstić information content (AvgIpc) is 3.16. The third-order valence-electron chi connectivity index (χ3n) is 5.66. The Labute approximate surface area is 165 Å². The van der Waals surface area contributed by atoms with E-state index in [0.29, 0.717) is 11.4 Å². The molecule has 0 aliphatic carbocycles. The van der Waals surface area contributed by atoms with Crippen molar-refractivity contribution in [2.75, 3.05) is 6.54 Å². The van der Waals surface area contributed by atoms with Crippen molar-refractivity contribution in [2.45, 2.75) is 39.1 Å². The molecule has 2 aromatic heterocycles. The Morgan fingerprint density at radius 2 is 2.00 bits per heavy atom. The SMILES string of the molecule is Cc1c(CN2CCCn3nc([C@H](O)c4ccccc4)cc3C2)cc(C#N)n1C. The van der Waals surface area contributed by atoms with Crippen LogP contribution in [0.4, 0.5) is 0 Å². The van der Waals surface area contributed by atoms with E-state index in [1.54, 1.807) is 0 Å². The molecule has 4 rings (SSSR count). The maximum absolute atomic E-state index is 10.7. The van der Waals surface area contributed by atoms with Crippen LogP contribution >= 0.6 is 0 Å². The van der Waals surface area contributed by atoms with Crippen LogP contribution in [0.25, 0.3) is 0 Å². The molecule has 0 fully saturated rings. The second-order valence-electron chi connectivity index (χ2n) is 7.47. The Balaban J connectivity index is 1.54. The maximum atomic E-state index is 10.7. The van der Waals surface area contributed by atoms with Crippen molar-refractivity contribution in [3.63, 3.8) is 0 Å². The highest BCUT2D eigenvalue weighted by molar-refractivity contribution is 5.34. The van der Waals surface area contributed by atoms with Crippen LogP contribution in [-0.2, 0) is 26.7 Å². The number of benzene rings is 1. The molecule has 1 aromatic carbocycles. The summed E-state index contributed by atoms with van der Waals surface area (Å²) in [5, 5.41) is 24.6. The summed E-state index contributed by atoms with van der Waals surface area (Å²) in [7, 11) is 1.94. The van der Waals surface area contributed by atoms with Crippen LogP contribution in [0.1, 0.15) is 46.4 Å². The molecule has 6 nitrogen and oxygen atoms in total. The maximum Gasteiger partial charge on any atom is 0.123 e. The number of aromatic nitrogens is 3.